The number of hydrogen-bond donors (Lipinski definition) is 2. The van der Waals surface area contributed by atoms with Crippen LogP contribution in [0.25, 0.3) is 0 Å². The molecule has 0 unspecified atom stereocenters. The first-order valence-corrected chi connectivity index (χ1v) is 6.57. The van der Waals surface area contributed by atoms with Gasteiger partial charge in [0.25, 0.3) is 0 Å². The highest BCUT2D eigenvalue weighted by atomic mass is 19.1. The third-order valence-corrected chi connectivity index (χ3v) is 3.18. The molecular formula is C14H17FN2O3. The van der Waals surface area contributed by atoms with Crippen molar-refractivity contribution in [2.75, 3.05) is 13.1 Å². The second-order valence-corrected chi connectivity index (χ2v) is 4.83. The SMILES string of the molecule is O=C(O)CN(C(=O)NCCc1ccccc1F)C1CC1. The molecule has 5 nitrogen and oxygen atoms in total. The van der Waals surface area contributed by atoms with Gasteiger partial charge in [-0.2, -0.15) is 0 Å². The van der Waals surface area contributed by atoms with Gasteiger partial charge in [0.1, 0.15) is 12.4 Å². The van der Waals surface area contributed by atoms with Gasteiger partial charge in [0, 0.05) is 12.6 Å². The van der Waals surface area contributed by atoms with Gasteiger partial charge in [0.05, 0.1) is 0 Å². The van der Waals surface area contributed by atoms with Crippen LogP contribution in [0, 0.1) is 5.82 Å². The molecule has 108 valence electrons. The van der Waals surface area contributed by atoms with Crippen molar-refractivity contribution in [1.82, 2.24) is 10.2 Å². The summed E-state index contributed by atoms with van der Waals surface area (Å²) in [5.74, 6) is -1.33. The van der Waals surface area contributed by atoms with Gasteiger partial charge in [-0.1, -0.05) is 18.2 Å². The first-order chi connectivity index (χ1) is 9.58. The van der Waals surface area contributed by atoms with Gasteiger partial charge in [0.15, 0.2) is 0 Å². The van der Waals surface area contributed by atoms with E-state index in [9.17, 15) is 14.0 Å². The lowest BCUT2D eigenvalue weighted by molar-refractivity contribution is -0.137. The maximum absolute atomic E-state index is 13.4. The number of carbonyl (C=O) groups excluding carboxylic acids is 1. The van der Waals surface area contributed by atoms with Crippen molar-refractivity contribution in [2.24, 2.45) is 0 Å². The minimum atomic E-state index is -1.03. The molecule has 0 aromatic heterocycles. The number of carboxylic acids is 1. The molecule has 20 heavy (non-hydrogen) atoms. The van der Waals surface area contributed by atoms with E-state index in [2.05, 4.69) is 5.32 Å². The quantitative estimate of drug-likeness (QED) is 0.832. The van der Waals surface area contributed by atoms with E-state index in [0.29, 0.717) is 12.0 Å². The zero-order valence-corrected chi connectivity index (χ0v) is 11.0. The summed E-state index contributed by atoms with van der Waals surface area (Å²) in [5, 5.41) is 11.4. The first kappa shape index (κ1) is 14.3. The Bertz CT molecular complexity index is 503. The topological polar surface area (TPSA) is 69.6 Å². The third-order valence-electron chi connectivity index (χ3n) is 3.18. The van der Waals surface area contributed by atoms with Crippen molar-refractivity contribution in [3.8, 4) is 0 Å². The van der Waals surface area contributed by atoms with Gasteiger partial charge < -0.3 is 15.3 Å². The summed E-state index contributed by atoms with van der Waals surface area (Å²) in [7, 11) is 0. The summed E-state index contributed by atoms with van der Waals surface area (Å²) in [5.41, 5.74) is 0.531. The van der Waals surface area contributed by atoms with Crippen molar-refractivity contribution in [2.45, 2.75) is 25.3 Å². The number of hydrogen-bond acceptors (Lipinski definition) is 2. The largest absolute Gasteiger partial charge is 0.480 e. The van der Waals surface area contributed by atoms with E-state index < -0.39 is 12.0 Å². The average molecular weight is 280 g/mol. The Balaban J connectivity index is 1.82. The third kappa shape index (κ3) is 3.94. The van der Waals surface area contributed by atoms with Gasteiger partial charge in [-0.25, -0.2) is 9.18 Å². The van der Waals surface area contributed by atoms with Crippen molar-refractivity contribution < 1.29 is 19.1 Å². The summed E-state index contributed by atoms with van der Waals surface area (Å²) >= 11 is 0. The van der Waals surface area contributed by atoms with Crippen LogP contribution in [0.4, 0.5) is 9.18 Å². The van der Waals surface area contributed by atoms with Crippen LogP contribution in [0.1, 0.15) is 18.4 Å². The molecule has 0 aliphatic heterocycles. The molecule has 1 aliphatic rings. The number of nitrogens with one attached hydrogen (secondary N) is 1. The van der Waals surface area contributed by atoms with Crippen LogP contribution in [0.5, 0.6) is 0 Å². The highest BCUT2D eigenvalue weighted by molar-refractivity contribution is 5.80. The zero-order chi connectivity index (χ0) is 14.5. The number of carbonyl (C=O) groups is 2. The lowest BCUT2D eigenvalue weighted by Gasteiger charge is -2.20. The number of urea groups is 1. The lowest BCUT2D eigenvalue weighted by Crippen LogP contribution is -2.44. The first-order valence-electron chi connectivity index (χ1n) is 6.57. The monoisotopic (exact) mass is 280 g/mol. The molecule has 1 aromatic carbocycles. The Labute approximate surface area is 116 Å². The van der Waals surface area contributed by atoms with Gasteiger partial charge in [-0.05, 0) is 30.9 Å². The normalized spacial score (nSPS) is 13.8. The summed E-state index contributed by atoms with van der Waals surface area (Å²) in [6.07, 6.45) is 2.06. The Morgan fingerprint density at radius 3 is 2.65 bits per heavy atom. The number of nitrogens with zero attached hydrogens (tertiary/aromatic N) is 1. The lowest BCUT2D eigenvalue weighted by atomic mass is 10.1. The molecule has 0 spiro atoms. The number of halogens is 1. The van der Waals surface area contributed by atoms with Crippen LogP contribution < -0.4 is 5.32 Å². The van der Waals surface area contributed by atoms with Crippen LogP contribution in [-0.4, -0.2) is 41.1 Å². The Hall–Kier alpha value is -2.11. The summed E-state index contributed by atoms with van der Waals surface area (Å²) in [6.45, 7) is -0.0151. The second-order valence-electron chi connectivity index (χ2n) is 4.83. The molecule has 1 saturated carbocycles. The van der Waals surface area contributed by atoms with Crippen LogP contribution in [0.2, 0.25) is 0 Å². The predicted octanol–water partition coefficient (Wildman–Crippen LogP) is 1.63. The molecule has 0 radical (unpaired) electrons. The van der Waals surface area contributed by atoms with Gasteiger partial charge in [0.2, 0.25) is 0 Å². The van der Waals surface area contributed by atoms with E-state index in [1.54, 1.807) is 18.2 Å². The highest BCUT2D eigenvalue weighted by Crippen LogP contribution is 2.26. The predicted molar refractivity (Wildman–Crippen MR) is 70.9 cm³/mol. The van der Waals surface area contributed by atoms with E-state index >= 15 is 0 Å². The van der Waals surface area contributed by atoms with E-state index in [4.69, 9.17) is 5.11 Å². The molecule has 1 aromatic rings. The van der Waals surface area contributed by atoms with Gasteiger partial charge in [-0.15, -0.1) is 0 Å². The Kier molecular flexibility index (Phi) is 4.55. The highest BCUT2D eigenvalue weighted by Gasteiger charge is 2.33. The minimum absolute atomic E-state index is 0.0274. The molecule has 0 heterocycles. The Morgan fingerprint density at radius 1 is 1.35 bits per heavy atom. The maximum atomic E-state index is 13.4. The molecule has 0 saturated heterocycles. The number of benzene rings is 1. The minimum Gasteiger partial charge on any atom is -0.480 e. The second kappa shape index (κ2) is 6.36. The molecule has 1 aliphatic carbocycles. The Morgan fingerprint density at radius 2 is 2.05 bits per heavy atom. The van der Waals surface area contributed by atoms with Crippen LogP contribution >= 0.6 is 0 Å². The fourth-order valence-electron chi connectivity index (χ4n) is 2.01. The number of amides is 2. The number of carboxylic acid groups (broad SMARTS) is 1. The molecule has 0 bridgehead atoms. The molecule has 2 N–H and O–H groups in total. The molecule has 2 amide bonds. The fraction of sp³-hybridized carbons (Fsp3) is 0.429. The molecule has 1 fully saturated rings. The standard InChI is InChI=1S/C14H17FN2O3/c15-12-4-2-1-3-10(12)7-8-16-14(20)17(9-13(18)19)11-5-6-11/h1-4,11H,5-9H2,(H,16,20)(H,18,19). The van der Waals surface area contributed by atoms with Crippen molar-refractivity contribution in [3.63, 3.8) is 0 Å². The van der Waals surface area contributed by atoms with E-state index in [1.807, 2.05) is 0 Å². The van der Waals surface area contributed by atoms with Crippen molar-refractivity contribution in [3.05, 3.63) is 35.6 Å². The van der Waals surface area contributed by atoms with E-state index in [0.717, 1.165) is 12.8 Å². The van der Waals surface area contributed by atoms with Gasteiger partial charge in [-0.3, -0.25) is 4.79 Å². The van der Waals surface area contributed by atoms with Crippen molar-refractivity contribution >= 4 is 12.0 Å². The molecule has 2 rings (SSSR count). The molecule has 0 atom stereocenters. The average Bonchev–Trinajstić information content (AvgIpc) is 3.22. The smallest absolute Gasteiger partial charge is 0.323 e. The zero-order valence-electron chi connectivity index (χ0n) is 11.0. The van der Waals surface area contributed by atoms with Crippen LogP contribution in [0.3, 0.4) is 0 Å². The molecule has 6 heteroatoms. The van der Waals surface area contributed by atoms with Gasteiger partial charge >= 0.3 is 12.0 Å². The van der Waals surface area contributed by atoms with Crippen LogP contribution in [0.15, 0.2) is 24.3 Å². The summed E-state index contributed by atoms with van der Waals surface area (Å²) in [6, 6.07) is 6.02. The van der Waals surface area contributed by atoms with E-state index in [-0.39, 0.29) is 24.9 Å². The number of rotatable bonds is 6. The fourth-order valence-corrected chi connectivity index (χ4v) is 2.01. The number of aliphatic carboxylic acids is 1. The van der Waals surface area contributed by atoms with Crippen LogP contribution in [-0.2, 0) is 11.2 Å². The van der Waals surface area contributed by atoms with Crippen molar-refractivity contribution in [1.29, 1.82) is 0 Å². The van der Waals surface area contributed by atoms with E-state index in [1.165, 1.54) is 11.0 Å². The summed E-state index contributed by atoms with van der Waals surface area (Å²) < 4.78 is 13.4. The molecular weight excluding hydrogens is 263 g/mol. The maximum Gasteiger partial charge on any atom is 0.323 e. The summed E-state index contributed by atoms with van der Waals surface area (Å²) in [4.78, 5) is 23.9.